The van der Waals surface area contributed by atoms with Crippen LogP contribution in [0.15, 0.2) is 42.6 Å². The fraction of sp³-hybridized carbons (Fsp3) is 0.567. The van der Waals surface area contributed by atoms with E-state index in [0.717, 1.165) is 31.4 Å². The molecule has 198 valence electrons. The van der Waals surface area contributed by atoms with Crippen LogP contribution in [0.4, 0.5) is 0 Å². The lowest BCUT2D eigenvalue weighted by molar-refractivity contribution is -0.679. The van der Waals surface area contributed by atoms with Gasteiger partial charge in [0.1, 0.15) is 13.6 Å². The van der Waals surface area contributed by atoms with Gasteiger partial charge in [0.2, 0.25) is 11.6 Å². The predicted molar refractivity (Wildman–Crippen MR) is 143 cm³/mol. The lowest BCUT2D eigenvalue weighted by atomic mass is 10.1. The van der Waals surface area contributed by atoms with Crippen molar-refractivity contribution in [2.75, 3.05) is 13.2 Å². The van der Waals surface area contributed by atoms with E-state index in [1.54, 1.807) is 18.2 Å². The molecule has 2 rings (SSSR count). The van der Waals surface area contributed by atoms with E-state index in [-0.39, 0.29) is 18.4 Å². The van der Waals surface area contributed by atoms with Crippen LogP contribution in [-0.2, 0) is 18.4 Å². The van der Waals surface area contributed by atoms with E-state index >= 15 is 0 Å². The van der Waals surface area contributed by atoms with Gasteiger partial charge < -0.3 is 9.47 Å². The Bertz CT molecular complexity index is 944. The molecule has 2 amide bonds. The number of unbranched alkanes of at least 4 members (excludes halogenated alkanes) is 8. The second kappa shape index (κ2) is 16.7. The van der Waals surface area contributed by atoms with Gasteiger partial charge in [-0.1, -0.05) is 71.3 Å². The zero-order valence-electron chi connectivity index (χ0n) is 22.8. The molecule has 0 saturated carbocycles. The van der Waals surface area contributed by atoms with Crippen LogP contribution < -0.4 is 14.0 Å². The first-order valence-electron chi connectivity index (χ1n) is 13.6. The third-order valence-corrected chi connectivity index (χ3v) is 6.31. The largest absolute Gasteiger partial charge is 0.490 e. The number of hydrogen-bond donors (Lipinski definition) is 0. The van der Waals surface area contributed by atoms with E-state index < -0.39 is 0 Å². The lowest BCUT2D eigenvalue weighted by Crippen LogP contribution is -2.41. The second-order valence-electron chi connectivity index (χ2n) is 9.40. The van der Waals surface area contributed by atoms with Crippen molar-refractivity contribution in [1.29, 1.82) is 0 Å². The monoisotopic (exact) mass is 497 g/mol. The first kappa shape index (κ1) is 29.3. The Morgan fingerprint density at radius 3 is 2.00 bits per heavy atom. The lowest BCUT2D eigenvalue weighted by Gasteiger charge is -2.19. The molecule has 6 nitrogen and oxygen atoms in total. The Balaban J connectivity index is 2.14. The predicted octanol–water partition coefficient (Wildman–Crippen LogP) is 6.40. The highest BCUT2D eigenvalue weighted by Crippen LogP contribution is 2.30. The summed E-state index contributed by atoms with van der Waals surface area (Å²) < 4.78 is 14.1. The van der Waals surface area contributed by atoms with Crippen LogP contribution in [0.25, 0.3) is 0 Å². The minimum atomic E-state index is -0.342. The molecule has 1 aromatic carbocycles. The summed E-state index contributed by atoms with van der Waals surface area (Å²) in [4.78, 5) is 27.1. The number of rotatable bonds is 17. The van der Waals surface area contributed by atoms with Gasteiger partial charge in [-0.15, -0.1) is 0 Å². The molecule has 0 spiro atoms. The summed E-state index contributed by atoms with van der Waals surface area (Å²) in [6, 6.07) is 11.0. The minimum absolute atomic E-state index is 0.204. The number of amides is 2. The van der Waals surface area contributed by atoms with Crippen LogP contribution in [0, 0.1) is 0 Å². The first-order chi connectivity index (χ1) is 17.5. The van der Waals surface area contributed by atoms with Crippen LogP contribution in [0.3, 0.4) is 0 Å². The van der Waals surface area contributed by atoms with Crippen molar-refractivity contribution >= 4 is 11.8 Å². The molecule has 36 heavy (non-hydrogen) atoms. The first-order valence-corrected chi connectivity index (χ1v) is 13.6. The van der Waals surface area contributed by atoms with Crippen molar-refractivity contribution in [2.24, 2.45) is 7.05 Å². The maximum atomic E-state index is 13.4. The summed E-state index contributed by atoms with van der Waals surface area (Å²) in [5.41, 5.74) is 1.28. The highest BCUT2D eigenvalue weighted by molar-refractivity contribution is 6.04. The molecule has 0 aliphatic carbocycles. The fourth-order valence-electron chi connectivity index (χ4n) is 4.02. The minimum Gasteiger partial charge on any atom is -0.490 e. The molecule has 2 aromatic rings. The van der Waals surface area contributed by atoms with Crippen LogP contribution in [0.5, 0.6) is 11.5 Å². The zero-order chi connectivity index (χ0) is 26.2. The standard InChI is InChI=1S/C30H45N2O4/c1-5-7-9-11-15-21-35-28-19-18-26(23-29(28)36-22-16-12-10-8-6-2)30(34)32(25(3)33)24-27-17-13-14-20-31(27)4/h13-14,17-20,23H,5-12,15-16,21-22,24H2,1-4H3/q+1. The SMILES string of the molecule is CCCCCCCOc1ccc(C(=O)N(Cc2cccc[n+]2C)C(C)=O)cc1OCCCCCCC. The topological polar surface area (TPSA) is 59.7 Å². The summed E-state index contributed by atoms with van der Waals surface area (Å²) in [7, 11) is 1.90. The number of imide groups is 1. The number of hydrogen-bond acceptors (Lipinski definition) is 4. The van der Waals surface area contributed by atoms with E-state index in [1.807, 2.05) is 36.0 Å². The molecule has 6 heteroatoms. The van der Waals surface area contributed by atoms with Crippen LogP contribution in [-0.4, -0.2) is 29.9 Å². The fourth-order valence-corrected chi connectivity index (χ4v) is 4.02. The number of benzene rings is 1. The molecule has 0 atom stereocenters. The Morgan fingerprint density at radius 1 is 0.806 bits per heavy atom. The number of pyridine rings is 1. The van der Waals surface area contributed by atoms with E-state index in [0.29, 0.717) is 30.3 Å². The molecule has 1 aromatic heterocycles. The summed E-state index contributed by atoms with van der Waals surface area (Å²) in [5, 5.41) is 0. The Kier molecular flexibility index (Phi) is 13.6. The maximum Gasteiger partial charge on any atom is 0.261 e. The maximum absolute atomic E-state index is 13.4. The summed E-state index contributed by atoms with van der Waals surface area (Å²) in [6.45, 7) is 7.23. The molecular weight excluding hydrogens is 452 g/mol. The van der Waals surface area contributed by atoms with E-state index in [9.17, 15) is 9.59 Å². The van der Waals surface area contributed by atoms with Gasteiger partial charge in [0.05, 0.1) is 13.2 Å². The summed E-state index contributed by atoms with van der Waals surface area (Å²) in [5.74, 6) is 0.581. The molecule has 0 unspecified atom stereocenters. The molecule has 0 radical (unpaired) electrons. The van der Waals surface area contributed by atoms with Gasteiger partial charge >= 0.3 is 0 Å². The molecule has 1 heterocycles. The normalized spacial score (nSPS) is 10.8. The van der Waals surface area contributed by atoms with Crippen molar-refractivity contribution in [1.82, 2.24) is 4.90 Å². The van der Waals surface area contributed by atoms with Gasteiger partial charge in [-0.2, -0.15) is 0 Å². The highest BCUT2D eigenvalue weighted by Gasteiger charge is 2.24. The van der Waals surface area contributed by atoms with Crippen LogP contribution in [0.2, 0.25) is 0 Å². The molecule has 0 aliphatic heterocycles. The van der Waals surface area contributed by atoms with E-state index in [4.69, 9.17) is 9.47 Å². The molecule has 0 bridgehead atoms. The quantitative estimate of drug-likeness (QED) is 0.187. The van der Waals surface area contributed by atoms with Crippen LogP contribution >= 0.6 is 0 Å². The third-order valence-electron chi connectivity index (χ3n) is 6.31. The summed E-state index contributed by atoms with van der Waals surface area (Å²) >= 11 is 0. The average molecular weight is 498 g/mol. The third kappa shape index (κ3) is 10.00. The number of ether oxygens (including phenoxy) is 2. The highest BCUT2D eigenvalue weighted by atomic mass is 16.5. The molecule has 0 N–H and O–H groups in total. The zero-order valence-corrected chi connectivity index (χ0v) is 22.8. The number of aryl methyl sites for hydroxylation is 1. The molecule has 0 fully saturated rings. The van der Waals surface area contributed by atoms with Crippen molar-refractivity contribution in [3.05, 3.63) is 53.9 Å². The Labute approximate surface area is 217 Å². The number of aromatic nitrogens is 1. The Morgan fingerprint density at radius 2 is 1.42 bits per heavy atom. The van der Waals surface area contributed by atoms with Gasteiger partial charge in [-0.05, 0) is 31.0 Å². The van der Waals surface area contributed by atoms with E-state index in [1.165, 1.54) is 50.3 Å². The number of carbonyl (C=O) groups excluding carboxylic acids is 2. The molecule has 0 aliphatic rings. The Hall–Kier alpha value is -2.89. The van der Waals surface area contributed by atoms with Gasteiger partial charge in [0, 0.05) is 24.6 Å². The molecular formula is C30H45N2O4+. The average Bonchev–Trinajstić information content (AvgIpc) is 2.87. The van der Waals surface area contributed by atoms with Crippen LogP contribution in [0.1, 0.15) is 101 Å². The van der Waals surface area contributed by atoms with Crippen molar-refractivity contribution in [3.8, 4) is 11.5 Å². The van der Waals surface area contributed by atoms with Gasteiger partial charge in [0.25, 0.3) is 5.91 Å². The second-order valence-corrected chi connectivity index (χ2v) is 9.40. The van der Waals surface area contributed by atoms with Crippen molar-refractivity contribution < 1.29 is 23.6 Å². The van der Waals surface area contributed by atoms with Gasteiger partial charge in [-0.3, -0.25) is 14.5 Å². The summed E-state index contributed by atoms with van der Waals surface area (Å²) in [6.07, 6.45) is 13.4. The van der Waals surface area contributed by atoms with Crippen molar-refractivity contribution in [3.63, 3.8) is 0 Å². The smallest absolute Gasteiger partial charge is 0.261 e. The van der Waals surface area contributed by atoms with Gasteiger partial charge in [0.15, 0.2) is 17.7 Å². The number of carbonyl (C=O) groups is 2. The number of nitrogens with zero attached hydrogens (tertiary/aromatic N) is 2. The van der Waals surface area contributed by atoms with E-state index in [2.05, 4.69) is 13.8 Å². The molecule has 0 saturated heterocycles. The van der Waals surface area contributed by atoms with Crippen molar-refractivity contribution in [2.45, 2.75) is 91.5 Å². The van der Waals surface area contributed by atoms with Gasteiger partial charge in [-0.25, -0.2) is 4.57 Å².